The van der Waals surface area contributed by atoms with Gasteiger partial charge in [0, 0.05) is 6.07 Å². The lowest BCUT2D eigenvalue weighted by molar-refractivity contribution is -0.121. The fourth-order valence-electron chi connectivity index (χ4n) is 2.24. The molecule has 1 aromatic carbocycles. The van der Waals surface area contributed by atoms with Crippen LogP contribution in [0.3, 0.4) is 0 Å². The van der Waals surface area contributed by atoms with Gasteiger partial charge in [-0.15, -0.1) is 0 Å². The Hall–Kier alpha value is -3.26. The number of benzene rings is 1. The molecule has 0 saturated carbocycles. The average Bonchev–Trinajstić information content (AvgIpc) is 2.72. The van der Waals surface area contributed by atoms with Crippen molar-refractivity contribution in [2.24, 2.45) is 0 Å². The summed E-state index contributed by atoms with van der Waals surface area (Å²) in [5.41, 5.74) is 5.45. The first-order valence-corrected chi connectivity index (χ1v) is 10.2. The molecule has 3 N–H and O–H groups in total. The van der Waals surface area contributed by atoms with Crippen LogP contribution in [-0.2, 0) is 9.53 Å². The number of hydrogen-bond acceptors (Lipinski definition) is 9. The van der Waals surface area contributed by atoms with Gasteiger partial charge < -0.3 is 19.6 Å². The molecule has 0 saturated heterocycles. The highest BCUT2D eigenvalue weighted by Gasteiger charge is 2.21. The molecular weight excluding hydrogens is 461 g/mol. The van der Waals surface area contributed by atoms with Crippen molar-refractivity contribution < 1.29 is 23.8 Å². The van der Waals surface area contributed by atoms with Crippen LogP contribution in [0.25, 0.3) is 0 Å². The minimum Gasteiger partial charge on any atom is -0.475 e. The SMILES string of the molecule is CCOC(=O)NC(=O)C(C#N)NNc1cc(Cl)c(Oc2ccc(OC(C)C)nc2)c(Cl)c1. The van der Waals surface area contributed by atoms with Gasteiger partial charge in [-0.1, -0.05) is 23.2 Å². The molecule has 1 heterocycles. The second kappa shape index (κ2) is 12.0. The molecule has 0 aliphatic heterocycles. The first kappa shape index (κ1) is 25.0. The number of amides is 2. The number of imide groups is 1. The number of nitrogens with zero attached hydrogens (tertiary/aromatic N) is 2. The van der Waals surface area contributed by atoms with Gasteiger partial charge in [0.25, 0.3) is 5.91 Å². The number of halogens is 2. The van der Waals surface area contributed by atoms with E-state index >= 15 is 0 Å². The Balaban J connectivity index is 2.03. The molecule has 32 heavy (non-hydrogen) atoms. The largest absolute Gasteiger partial charge is 0.475 e. The summed E-state index contributed by atoms with van der Waals surface area (Å²) in [6.07, 6.45) is 0.506. The number of pyridine rings is 1. The molecule has 0 fully saturated rings. The maximum absolute atomic E-state index is 11.9. The van der Waals surface area contributed by atoms with Crippen LogP contribution in [0, 0.1) is 11.3 Å². The molecule has 1 unspecified atom stereocenters. The summed E-state index contributed by atoms with van der Waals surface area (Å²) < 4.78 is 15.8. The molecule has 1 atom stereocenters. The van der Waals surface area contributed by atoms with E-state index < -0.39 is 18.0 Å². The highest BCUT2D eigenvalue weighted by atomic mass is 35.5. The van der Waals surface area contributed by atoms with Crippen molar-refractivity contribution in [3.63, 3.8) is 0 Å². The second-order valence-corrected chi connectivity index (χ2v) is 7.23. The van der Waals surface area contributed by atoms with Crippen molar-refractivity contribution in [2.75, 3.05) is 12.0 Å². The van der Waals surface area contributed by atoms with Crippen LogP contribution >= 0.6 is 23.2 Å². The Bertz CT molecular complexity index is 972. The smallest absolute Gasteiger partial charge is 0.413 e. The maximum atomic E-state index is 11.9. The predicted molar refractivity (Wildman–Crippen MR) is 118 cm³/mol. The van der Waals surface area contributed by atoms with Crippen LogP contribution in [0.2, 0.25) is 10.0 Å². The topological polar surface area (TPSA) is 135 Å². The van der Waals surface area contributed by atoms with Crippen LogP contribution in [0.4, 0.5) is 10.5 Å². The number of ether oxygens (including phenoxy) is 3. The zero-order valence-corrected chi connectivity index (χ0v) is 19.0. The quantitative estimate of drug-likeness (QED) is 0.453. The van der Waals surface area contributed by atoms with Crippen molar-refractivity contribution in [1.82, 2.24) is 15.7 Å². The van der Waals surface area contributed by atoms with Crippen LogP contribution in [0.5, 0.6) is 17.4 Å². The van der Waals surface area contributed by atoms with E-state index in [4.69, 9.17) is 37.9 Å². The van der Waals surface area contributed by atoms with Crippen molar-refractivity contribution in [3.05, 3.63) is 40.5 Å². The molecule has 0 radical (unpaired) electrons. The predicted octanol–water partition coefficient (Wildman–Crippen LogP) is 4.05. The Kier molecular flexibility index (Phi) is 9.34. The van der Waals surface area contributed by atoms with E-state index in [9.17, 15) is 9.59 Å². The lowest BCUT2D eigenvalue weighted by Gasteiger charge is -2.15. The van der Waals surface area contributed by atoms with Crippen molar-refractivity contribution >= 4 is 40.9 Å². The lowest BCUT2D eigenvalue weighted by Crippen LogP contribution is -2.47. The van der Waals surface area contributed by atoms with E-state index in [-0.39, 0.29) is 28.5 Å². The molecule has 2 amide bonds. The number of rotatable bonds is 9. The molecule has 0 aliphatic carbocycles. The maximum Gasteiger partial charge on any atom is 0.413 e. The number of aromatic nitrogens is 1. The molecule has 2 aromatic rings. The molecule has 0 spiro atoms. The van der Waals surface area contributed by atoms with Gasteiger partial charge in [0.15, 0.2) is 11.8 Å². The van der Waals surface area contributed by atoms with Gasteiger partial charge in [0.1, 0.15) is 5.75 Å². The first-order chi connectivity index (χ1) is 15.2. The third kappa shape index (κ3) is 7.46. The summed E-state index contributed by atoms with van der Waals surface area (Å²) >= 11 is 12.5. The van der Waals surface area contributed by atoms with E-state index in [0.29, 0.717) is 17.3 Å². The molecule has 170 valence electrons. The van der Waals surface area contributed by atoms with Crippen LogP contribution in [0.15, 0.2) is 30.5 Å². The molecule has 12 heteroatoms. The third-order valence-corrected chi connectivity index (χ3v) is 4.10. The summed E-state index contributed by atoms with van der Waals surface area (Å²) in [6, 6.07) is 6.56. The van der Waals surface area contributed by atoms with E-state index in [1.165, 1.54) is 18.3 Å². The second-order valence-electron chi connectivity index (χ2n) is 6.41. The highest BCUT2D eigenvalue weighted by Crippen LogP contribution is 2.38. The Morgan fingerprint density at radius 2 is 1.91 bits per heavy atom. The number of alkyl carbamates (subject to hydrolysis) is 1. The number of carbonyl (C=O) groups excluding carboxylic acids is 2. The number of carbonyl (C=O) groups is 2. The number of hydrogen-bond donors (Lipinski definition) is 3. The zero-order chi connectivity index (χ0) is 23.7. The van der Waals surface area contributed by atoms with Crippen molar-refractivity contribution in [3.8, 4) is 23.4 Å². The number of anilines is 1. The zero-order valence-electron chi connectivity index (χ0n) is 17.4. The van der Waals surface area contributed by atoms with E-state index in [1.54, 1.807) is 25.1 Å². The first-order valence-electron chi connectivity index (χ1n) is 9.41. The van der Waals surface area contributed by atoms with Crippen molar-refractivity contribution in [2.45, 2.75) is 32.9 Å². The summed E-state index contributed by atoms with van der Waals surface area (Å²) in [4.78, 5) is 27.4. The Labute approximate surface area is 194 Å². The number of nitriles is 1. The molecule has 0 bridgehead atoms. The van der Waals surface area contributed by atoms with Crippen LogP contribution in [0.1, 0.15) is 20.8 Å². The van der Waals surface area contributed by atoms with Gasteiger partial charge in [0.2, 0.25) is 5.88 Å². The van der Waals surface area contributed by atoms with E-state index in [1.807, 2.05) is 19.2 Å². The third-order valence-electron chi connectivity index (χ3n) is 3.54. The lowest BCUT2D eigenvalue weighted by atomic mass is 10.3. The highest BCUT2D eigenvalue weighted by molar-refractivity contribution is 6.37. The van der Waals surface area contributed by atoms with Gasteiger partial charge in [-0.05, 0) is 39.0 Å². The normalized spacial score (nSPS) is 11.3. The summed E-state index contributed by atoms with van der Waals surface area (Å²) in [5, 5.41) is 11.4. The Morgan fingerprint density at radius 1 is 1.22 bits per heavy atom. The van der Waals surface area contributed by atoms with Crippen LogP contribution in [-0.4, -0.2) is 35.7 Å². The van der Waals surface area contributed by atoms with Gasteiger partial charge in [-0.25, -0.2) is 15.2 Å². The Morgan fingerprint density at radius 3 is 2.44 bits per heavy atom. The summed E-state index contributed by atoms with van der Waals surface area (Å²) in [5.74, 6) is 0.140. The minimum absolute atomic E-state index is 0.0105. The molecular formula is C20H21Cl2N5O5. The summed E-state index contributed by atoms with van der Waals surface area (Å²) in [6.45, 7) is 5.45. The number of nitrogens with one attached hydrogen (secondary N) is 3. The summed E-state index contributed by atoms with van der Waals surface area (Å²) in [7, 11) is 0. The number of hydrazine groups is 1. The fraction of sp³-hybridized carbons (Fsp3) is 0.300. The van der Waals surface area contributed by atoms with Gasteiger partial charge in [-0.2, -0.15) is 5.26 Å². The van der Waals surface area contributed by atoms with Gasteiger partial charge in [-0.3, -0.25) is 10.1 Å². The van der Waals surface area contributed by atoms with Crippen LogP contribution < -0.4 is 25.6 Å². The monoisotopic (exact) mass is 481 g/mol. The van der Waals surface area contributed by atoms with Gasteiger partial charge >= 0.3 is 6.09 Å². The van der Waals surface area contributed by atoms with E-state index in [2.05, 4.69) is 20.6 Å². The van der Waals surface area contributed by atoms with Gasteiger partial charge in [0.05, 0.1) is 40.7 Å². The standard InChI is InChI=1S/C20H21Cl2N5O5/c1-4-30-20(29)25-19(28)16(9-23)27-26-12-7-14(21)18(15(22)8-12)32-13-5-6-17(24-10-13)31-11(2)3/h5-8,10-11,16,26-27H,4H2,1-3H3,(H,25,28,29). The molecule has 0 aliphatic rings. The molecule has 10 nitrogen and oxygen atoms in total. The van der Waals surface area contributed by atoms with E-state index in [0.717, 1.165) is 0 Å². The average molecular weight is 482 g/mol. The molecule has 2 rings (SSSR count). The molecule has 1 aromatic heterocycles. The minimum atomic E-state index is -1.40. The fourth-order valence-corrected chi connectivity index (χ4v) is 2.80. The van der Waals surface area contributed by atoms with Crippen molar-refractivity contribution in [1.29, 1.82) is 5.26 Å².